The van der Waals surface area contributed by atoms with Crippen molar-refractivity contribution >= 4 is 23.4 Å². The maximum atomic E-state index is 12.8. The van der Waals surface area contributed by atoms with Crippen molar-refractivity contribution in [1.82, 2.24) is 15.1 Å². The predicted molar refractivity (Wildman–Crippen MR) is 135 cm³/mol. The van der Waals surface area contributed by atoms with E-state index in [0.717, 1.165) is 37.1 Å². The number of nitrogens with one attached hydrogen (secondary N) is 2. The van der Waals surface area contributed by atoms with Gasteiger partial charge >= 0.3 is 0 Å². The van der Waals surface area contributed by atoms with Crippen LogP contribution in [0.1, 0.15) is 41.6 Å². The molecule has 1 saturated heterocycles. The van der Waals surface area contributed by atoms with Crippen molar-refractivity contribution in [2.24, 2.45) is 0 Å². The molecular weight excluding hydrogens is 444 g/mol. The van der Waals surface area contributed by atoms with Gasteiger partial charge in [0.15, 0.2) is 0 Å². The van der Waals surface area contributed by atoms with Gasteiger partial charge in [-0.3, -0.25) is 19.3 Å². The lowest BCUT2D eigenvalue weighted by Gasteiger charge is -2.22. The molecule has 1 saturated carbocycles. The molecule has 2 aromatic rings. The zero-order chi connectivity index (χ0) is 24.6. The molecule has 0 bridgehead atoms. The van der Waals surface area contributed by atoms with Crippen molar-refractivity contribution in [1.29, 1.82) is 0 Å². The Kier molecular flexibility index (Phi) is 8.36. The Morgan fingerprint density at radius 1 is 0.971 bits per heavy atom. The second-order valence-electron chi connectivity index (χ2n) is 9.20. The highest BCUT2D eigenvalue weighted by Crippen LogP contribution is 2.21. The van der Waals surface area contributed by atoms with E-state index in [0.29, 0.717) is 43.7 Å². The molecule has 2 fully saturated rings. The van der Waals surface area contributed by atoms with Gasteiger partial charge in [0.2, 0.25) is 11.8 Å². The molecule has 2 aliphatic rings. The molecule has 0 unspecified atom stereocenters. The van der Waals surface area contributed by atoms with E-state index in [1.54, 1.807) is 25.3 Å². The average Bonchev–Trinajstić information content (AvgIpc) is 3.70. The first kappa shape index (κ1) is 24.7. The number of methoxy groups -OCH3 is 1. The summed E-state index contributed by atoms with van der Waals surface area (Å²) in [7, 11) is 1.64. The van der Waals surface area contributed by atoms with Crippen molar-refractivity contribution in [3.63, 3.8) is 0 Å². The summed E-state index contributed by atoms with van der Waals surface area (Å²) in [6, 6.07) is 15.1. The number of benzene rings is 2. The van der Waals surface area contributed by atoms with Gasteiger partial charge in [-0.25, -0.2) is 0 Å². The fourth-order valence-corrected chi connectivity index (χ4v) is 4.25. The van der Waals surface area contributed by atoms with E-state index in [1.165, 1.54) is 0 Å². The van der Waals surface area contributed by atoms with Crippen molar-refractivity contribution in [2.45, 2.75) is 38.1 Å². The Morgan fingerprint density at radius 2 is 1.74 bits per heavy atom. The Morgan fingerprint density at radius 3 is 2.49 bits per heavy atom. The molecule has 0 spiro atoms. The van der Waals surface area contributed by atoms with Gasteiger partial charge in [-0.1, -0.05) is 24.3 Å². The first-order valence-electron chi connectivity index (χ1n) is 12.3. The summed E-state index contributed by atoms with van der Waals surface area (Å²) >= 11 is 0. The standard InChI is InChI=1S/C27H34N4O4/c1-35-22-12-7-20(8-13-22)9-14-26(33)31-16-4-15-30(17-18-31)19-25(32)29-24-6-3-2-5-23(24)27(34)28-21-10-11-21/h2-3,5-8,12-13,21H,4,9-11,14-19H2,1H3,(H,28,34)(H,29,32). The van der Waals surface area contributed by atoms with E-state index in [1.807, 2.05) is 35.2 Å². The monoisotopic (exact) mass is 478 g/mol. The third-order valence-electron chi connectivity index (χ3n) is 6.45. The minimum atomic E-state index is -0.157. The Hall–Kier alpha value is -3.39. The third kappa shape index (κ3) is 7.29. The average molecular weight is 479 g/mol. The second-order valence-corrected chi connectivity index (χ2v) is 9.20. The molecule has 2 aromatic carbocycles. The molecule has 4 rings (SSSR count). The summed E-state index contributed by atoms with van der Waals surface area (Å²) in [6.45, 7) is 2.93. The summed E-state index contributed by atoms with van der Waals surface area (Å²) in [6.07, 6.45) is 4.00. The minimum absolute atomic E-state index is 0.141. The number of para-hydroxylation sites is 1. The highest BCUT2D eigenvalue weighted by Gasteiger charge is 2.25. The van der Waals surface area contributed by atoms with Gasteiger partial charge in [0.25, 0.3) is 5.91 Å². The highest BCUT2D eigenvalue weighted by atomic mass is 16.5. The predicted octanol–water partition coefficient (Wildman–Crippen LogP) is 2.69. The van der Waals surface area contributed by atoms with E-state index in [-0.39, 0.29) is 30.3 Å². The minimum Gasteiger partial charge on any atom is -0.497 e. The molecule has 2 N–H and O–H groups in total. The fraction of sp³-hybridized carbons (Fsp3) is 0.444. The maximum absolute atomic E-state index is 12.8. The largest absolute Gasteiger partial charge is 0.497 e. The van der Waals surface area contributed by atoms with Gasteiger partial charge in [0.1, 0.15) is 5.75 Å². The smallest absolute Gasteiger partial charge is 0.253 e. The van der Waals surface area contributed by atoms with Crippen molar-refractivity contribution in [3.8, 4) is 5.75 Å². The molecule has 0 radical (unpaired) electrons. The van der Waals surface area contributed by atoms with E-state index < -0.39 is 0 Å². The lowest BCUT2D eigenvalue weighted by molar-refractivity contribution is -0.131. The topological polar surface area (TPSA) is 91.0 Å². The molecule has 8 heteroatoms. The number of rotatable bonds is 9. The van der Waals surface area contributed by atoms with Crippen LogP contribution in [0.4, 0.5) is 5.69 Å². The van der Waals surface area contributed by atoms with Crippen LogP contribution in [0.2, 0.25) is 0 Å². The third-order valence-corrected chi connectivity index (χ3v) is 6.45. The number of carbonyl (C=O) groups excluding carboxylic acids is 3. The Bertz CT molecular complexity index is 1040. The molecule has 0 aromatic heterocycles. The van der Waals surface area contributed by atoms with Crippen molar-refractivity contribution in [2.75, 3.05) is 45.2 Å². The van der Waals surface area contributed by atoms with Crippen LogP contribution < -0.4 is 15.4 Å². The zero-order valence-corrected chi connectivity index (χ0v) is 20.3. The molecule has 8 nitrogen and oxygen atoms in total. The zero-order valence-electron chi connectivity index (χ0n) is 20.3. The lowest BCUT2D eigenvalue weighted by Crippen LogP contribution is -2.38. The molecule has 3 amide bonds. The van der Waals surface area contributed by atoms with E-state index in [9.17, 15) is 14.4 Å². The summed E-state index contributed by atoms with van der Waals surface area (Å²) in [5.41, 5.74) is 2.12. The molecule has 1 aliphatic carbocycles. The maximum Gasteiger partial charge on any atom is 0.253 e. The Labute approximate surface area is 206 Å². The summed E-state index contributed by atoms with van der Waals surface area (Å²) < 4.78 is 5.18. The van der Waals surface area contributed by atoms with Crippen LogP contribution in [0, 0.1) is 0 Å². The van der Waals surface area contributed by atoms with Gasteiger partial charge in [-0.05, 0) is 55.5 Å². The van der Waals surface area contributed by atoms with Crippen LogP contribution in [0.25, 0.3) is 0 Å². The van der Waals surface area contributed by atoms with Crippen LogP contribution in [0.3, 0.4) is 0 Å². The number of amides is 3. The summed E-state index contributed by atoms with van der Waals surface area (Å²) in [5, 5.41) is 5.87. The van der Waals surface area contributed by atoms with Gasteiger partial charge in [0.05, 0.1) is 24.9 Å². The van der Waals surface area contributed by atoms with Gasteiger partial charge in [-0.15, -0.1) is 0 Å². The molecule has 0 atom stereocenters. The quantitative estimate of drug-likeness (QED) is 0.578. The van der Waals surface area contributed by atoms with E-state index in [4.69, 9.17) is 4.74 Å². The summed E-state index contributed by atoms with van der Waals surface area (Å²) in [5.74, 6) is 0.641. The second kappa shape index (κ2) is 11.8. The number of nitrogens with zero attached hydrogens (tertiary/aromatic N) is 2. The fourth-order valence-electron chi connectivity index (χ4n) is 4.25. The van der Waals surface area contributed by atoms with Crippen LogP contribution in [-0.4, -0.2) is 73.4 Å². The van der Waals surface area contributed by atoms with Crippen molar-refractivity contribution < 1.29 is 19.1 Å². The number of hydrogen-bond donors (Lipinski definition) is 2. The number of hydrogen-bond acceptors (Lipinski definition) is 5. The number of carbonyl (C=O) groups is 3. The molecule has 35 heavy (non-hydrogen) atoms. The van der Waals surface area contributed by atoms with Gasteiger partial charge < -0.3 is 20.3 Å². The first-order chi connectivity index (χ1) is 17.0. The van der Waals surface area contributed by atoms with Crippen LogP contribution in [0.15, 0.2) is 48.5 Å². The normalized spacial score (nSPS) is 16.3. The van der Waals surface area contributed by atoms with Gasteiger partial charge in [0, 0.05) is 38.6 Å². The van der Waals surface area contributed by atoms with E-state index >= 15 is 0 Å². The highest BCUT2D eigenvalue weighted by molar-refractivity contribution is 6.04. The van der Waals surface area contributed by atoms with Crippen molar-refractivity contribution in [3.05, 3.63) is 59.7 Å². The molecule has 1 aliphatic heterocycles. The summed E-state index contributed by atoms with van der Waals surface area (Å²) in [4.78, 5) is 42.0. The molecular formula is C27H34N4O4. The molecule has 1 heterocycles. The molecule has 186 valence electrons. The van der Waals surface area contributed by atoms with Gasteiger partial charge in [-0.2, -0.15) is 0 Å². The number of anilines is 1. The SMILES string of the molecule is COc1ccc(CCC(=O)N2CCCN(CC(=O)Nc3ccccc3C(=O)NC3CC3)CC2)cc1. The Balaban J connectivity index is 1.23. The van der Waals surface area contributed by atoms with Crippen LogP contribution >= 0.6 is 0 Å². The number of ether oxygens (including phenoxy) is 1. The lowest BCUT2D eigenvalue weighted by atomic mass is 10.1. The van der Waals surface area contributed by atoms with E-state index in [2.05, 4.69) is 15.5 Å². The van der Waals surface area contributed by atoms with Crippen LogP contribution in [-0.2, 0) is 16.0 Å². The first-order valence-corrected chi connectivity index (χ1v) is 12.3. The number of aryl methyl sites for hydroxylation is 1. The van der Waals surface area contributed by atoms with Crippen LogP contribution in [0.5, 0.6) is 5.75 Å².